The lowest BCUT2D eigenvalue weighted by Crippen LogP contribution is -2.32. The number of amides is 3. The lowest BCUT2D eigenvalue weighted by Gasteiger charge is -2.09. The molecular weight excluding hydrogens is 456 g/mol. The van der Waals surface area contributed by atoms with Gasteiger partial charge in [0.1, 0.15) is 5.75 Å². The van der Waals surface area contributed by atoms with Gasteiger partial charge in [0.25, 0.3) is 5.91 Å². The van der Waals surface area contributed by atoms with Gasteiger partial charge in [-0.15, -0.1) is 0 Å². The van der Waals surface area contributed by atoms with E-state index in [4.69, 9.17) is 16.3 Å². The minimum absolute atomic E-state index is 0.237. The third kappa shape index (κ3) is 7.46. The lowest BCUT2D eigenvalue weighted by atomic mass is 10.1. The van der Waals surface area contributed by atoms with Crippen molar-refractivity contribution in [2.45, 2.75) is 13.3 Å². The van der Waals surface area contributed by atoms with Crippen molar-refractivity contribution in [2.24, 2.45) is 5.10 Å². The number of benzene rings is 3. The van der Waals surface area contributed by atoms with E-state index in [-0.39, 0.29) is 12.5 Å². The Morgan fingerprint density at radius 3 is 2.24 bits per heavy atom. The summed E-state index contributed by atoms with van der Waals surface area (Å²) in [5.74, 6) is -1.74. The Hall–Kier alpha value is -4.17. The van der Waals surface area contributed by atoms with Crippen molar-refractivity contribution < 1.29 is 19.1 Å². The Bertz CT molecular complexity index is 1180. The molecule has 0 fully saturated rings. The van der Waals surface area contributed by atoms with Crippen LogP contribution in [0.1, 0.15) is 18.1 Å². The molecule has 0 atom stereocenters. The fourth-order valence-electron chi connectivity index (χ4n) is 2.82. The number of anilines is 2. The monoisotopic (exact) mass is 478 g/mol. The van der Waals surface area contributed by atoms with Crippen LogP contribution >= 0.6 is 11.6 Å². The van der Waals surface area contributed by atoms with Crippen molar-refractivity contribution >= 4 is 46.9 Å². The van der Waals surface area contributed by atoms with Crippen LogP contribution in [0.15, 0.2) is 77.9 Å². The Labute approximate surface area is 202 Å². The molecule has 3 rings (SSSR count). The maximum absolute atomic E-state index is 12.1. The topological polar surface area (TPSA) is 109 Å². The van der Waals surface area contributed by atoms with E-state index in [0.29, 0.717) is 27.7 Å². The molecule has 0 heterocycles. The molecule has 3 aromatic rings. The van der Waals surface area contributed by atoms with Crippen LogP contribution in [0.5, 0.6) is 5.75 Å². The Balaban J connectivity index is 1.51. The van der Waals surface area contributed by atoms with E-state index in [1.54, 1.807) is 60.7 Å². The predicted molar refractivity (Wildman–Crippen MR) is 132 cm³/mol. The molecule has 3 N–H and O–H groups in total. The number of para-hydroxylation sites is 1. The highest BCUT2D eigenvalue weighted by Crippen LogP contribution is 2.17. The Kier molecular flexibility index (Phi) is 8.76. The van der Waals surface area contributed by atoms with Crippen molar-refractivity contribution in [2.75, 3.05) is 17.2 Å². The zero-order valence-corrected chi connectivity index (χ0v) is 19.1. The highest BCUT2D eigenvalue weighted by molar-refractivity contribution is 6.39. The number of carbonyl (C=O) groups is 3. The van der Waals surface area contributed by atoms with Crippen molar-refractivity contribution in [3.05, 3.63) is 88.9 Å². The summed E-state index contributed by atoms with van der Waals surface area (Å²) < 4.78 is 5.58. The number of halogens is 1. The van der Waals surface area contributed by atoms with Gasteiger partial charge in [-0.25, -0.2) is 5.43 Å². The first kappa shape index (κ1) is 24.5. The molecule has 0 saturated carbocycles. The molecule has 34 heavy (non-hydrogen) atoms. The van der Waals surface area contributed by atoms with Crippen LogP contribution in [0.3, 0.4) is 0 Å². The molecule has 0 spiro atoms. The number of rotatable bonds is 8. The number of aryl methyl sites for hydroxylation is 1. The summed E-state index contributed by atoms with van der Waals surface area (Å²) in [4.78, 5) is 36.2. The number of carbonyl (C=O) groups excluding carboxylic acids is 3. The van der Waals surface area contributed by atoms with Gasteiger partial charge in [0.15, 0.2) is 6.61 Å². The van der Waals surface area contributed by atoms with Crippen LogP contribution in [0.2, 0.25) is 5.02 Å². The molecule has 0 aromatic heterocycles. The van der Waals surface area contributed by atoms with Gasteiger partial charge >= 0.3 is 11.8 Å². The van der Waals surface area contributed by atoms with E-state index in [1.165, 1.54) is 6.21 Å². The predicted octanol–water partition coefficient (Wildman–Crippen LogP) is 4.01. The number of nitrogens with zero attached hydrogens (tertiary/aromatic N) is 1. The van der Waals surface area contributed by atoms with Gasteiger partial charge in [0.05, 0.1) is 6.21 Å². The highest BCUT2D eigenvalue weighted by Gasteiger charge is 2.13. The SMILES string of the molecule is CCc1ccc(NC(=O)C(=O)N/N=C\c2ccccc2OCC(=O)Nc2ccc(Cl)cc2)cc1. The second kappa shape index (κ2) is 12.2. The molecule has 3 amide bonds. The molecule has 0 unspecified atom stereocenters. The molecule has 0 bridgehead atoms. The largest absolute Gasteiger partial charge is 0.483 e. The first-order chi connectivity index (χ1) is 16.4. The molecule has 0 aliphatic heterocycles. The van der Waals surface area contributed by atoms with Crippen LogP contribution in [0, 0.1) is 0 Å². The van der Waals surface area contributed by atoms with Gasteiger partial charge in [-0.05, 0) is 60.5 Å². The van der Waals surface area contributed by atoms with Gasteiger partial charge in [0.2, 0.25) is 0 Å². The average Bonchev–Trinajstić information content (AvgIpc) is 2.85. The van der Waals surface area contributed by atoms with Gasteiger partial charge < -0.3 is 15.4 Å². The number of hydrazone groups is 1. The molecule has 3 aromatic carbocycles. The van der Waals surface area contributed by atoms with E-state index >= 15 is 0 Å². The molecule has 0 aliphatic carbocycles. The average molecular weight is 479 g/mol. The fourth-order valence-corrected chi connectivity index (χ4v) is 2.94. The van der Waals surface area contributed by atoms with E-state index in [9.17, 15) is 14.4 Å². The lowest BCUT2D eigenvalue weighted by molar-refractivity contribution is -0.136. The quantitative estimate of drug-likeness (QED) is 0.258. The van der Waals surface area contributed by atoms with E-state index in [2.05, 4.69) is 21.2 Å². The van der Waals surface area contributed by atoms with Crippen molar-refractivity contribution in [1.82, 2.24) is 5.43 Å². The van der Waals surface area contributed by atoms with Gasteiger partial charge in [-0.1, -0.05) is 42.8 Å². The van der Waals surface area contributed by atoms with Crippen LogP contribution in [0.25, 0.3) is 0 Å². The normalized spacial score (nSPS) is 10.5. The minimum atomic E-state index is -0.920. The highest BCUT2D eigenvalue weighted by atomic mass is 35.5. The zero-order valence-electron chi connectivity index (χ0n) is 18.4. The first-order valence-corrected chi connectivity index (χ1v) is 10.8. The maximum Gasteiger partial charge on any atom is 0.329 e. The van der Waals surface area contributed by atoms with Crippen molar-refractivity contribution in [3.63, 3.8) is 0 Å². The van der Waals surface area contributed by atoms with E-state index in [1.807, 2.05) is 19.1 Å². The second-order valence-corrected chi connectivity index (χ2v) is 7.52. The molecule has 174 valence electrons. The van der Waals surface area contributed by atoms with Crippen molar-refractivity contribution in [3.8, 4) is 5.75 Å². The molecule has 8 nitrogen and oxygen atoms in total. The van der Waals surface area contributed by atoms with Gasteiger partial charge in [-0.2, -0.15) is 5.10 Å². The Morgan fingerprint density at radius 1 is 0.882 bits per heavy atom. The number of nitrogens with one attached hydrogen (secondary N) is 3. The third-order valence-electron chi connectivity index (χ3n) is 4.60. The smallest absolute Gasteiger partial charge is 0.329 e. The van der Waals surface area contributed by atoms with E-state index < -0.39 is 11.8 Å². The summed E-state index contributed by atoms with van der Waals surface area (Å²) in [5, 5.41) is 9.59. The summed E-state index contributed by atoms with van der Waals surface area (Å²) in [6.07, 6.45) is 2.20. The molecule has 0 saturated heterocycles. The van der Waals surface area contributed by atoms with Gasteiger partial charge in [0, 0.05) is 22.0 Å². The minimum Gasteiger partial charge on any atom is -0.483 e. The zero-order chi connectivity index (χ0) is 24.3. The summed E-state index contributed by atoms with van der Waals surface area (Å²) in [6.45, 7) is 1.79. The first-order valence-electron chi connectivity index (χ1n) is 10.4. The molecule has 0 aliphatic rings. The fraction of sp³-hybridized carbons (Fsp3) is 0.120. The standard InChI is InChI=1S/C25H23ClN4O4/c1-2-17-7-11-21(12-8-17)29-24(32)25(33)30-27-15-18-5-3-4-6-22(18)34-16-23(31)28-20-13-9-19(26)10-14-20/h3-15H,2,16H2,1H3,(H,28,31)(H,29,32)(H,30,33)/b27-15-. The molecule has 9 heteroatoms. The van der Waals surface area contributed by atoms with Crippen LogP contribution < -0.4 is 20.8 Å². The second-order valence-electron chi connectivity index (χ2n) is 7.09. The van der Waals surface area contributed by atoms with Crippen molar-refractivity contribution in [1.29, 1.82) is 0 Å². The summed E-state index contributed by atoms with van der Waals surface area (Å²) in [7, 11) is 0. The Morgan fingerprint density at radius 2 is 1.53 bits per heavy atom. The molecular formula is C25H23ClN4O4. The van der Waals surface area contributed by atoms with Crippen LogP contribution in [0.4, 0.5) is 11.4 Å². The summed E-state index contributed by atoms with van der Waals surface area (Å²) >= 11 is 5.83. The third-order valence-corrected chi connectivity index (χ3v) is 4.85. The van der Waals surface area contributed by atoms with Gasteiger partial charge in [-0.3, -0.25) is 14.4 Å². The van der Waals surface area contributed by atoms with Crippen LogP contribution in [-0.2, 0) is 20.8 Å². The van der Waals surface area contributed by atoms with E-state index in [0.717, 1.165) is 12.0 Å². The van der Waals surface area contributed by atoms with Crippen LogP contribution in [-0.4, -0.2) is 30.5 Å². The molecule has 0 radical (unpaired) electrons. The maximum atomic E-state index is 12.1. The summed E-state index contributed by atoms with van der Waals surface area (Å²) in [6, 6.07) is 20.7. The number of hydrogen-bond acceptors (Lipinski definition) is 5. The summed E-state index contributed by atoms with van der Waals surface area (Å²) in [5.41, 5.74) is 4.91. The number of ether oxygens (including phenoxy) is 1. The number of hydrogen-bond donors (Lipinski definition) is 3.